The van der Waals surface area contributed by atoms with Crippen LogP contribution in [0, 0.1) is 0 Å². The largest absolute Gasteiger partial charge is 0.462 e. The van der Waals surface area contributed by atoms with Gasteiger partial charge in [0, 0.05) is 19.3 Å². The van der Waals surface area contributed by atoms with Crippen LogP contribution in [0.5, 0.6) is 0 Å². The first-order valence-corrected chi connectivity index (χ1v) is 32.3. The first kappa shape index (κ1) is 71.1. The minimum atomic E-state index is -0.800. The Morgan fingerprint density at radius 1 is 0.284 bits per heavy atom. The smallest absolute Gasteiger partial charge is 0.306 e. The van der Waals surface area contributed by atoms with Crippen molar-refractivity contribution < 1.29 is 28.6 Å². The quantitative estimate of drug-likeness (QED) is 0.0261. The van der Waals surface area contributed by atoms with Crippen LogP contribution in [0.1, 0.15) is 335 Å². The fourth-order valence-electron chi connectivity index (χ4n) is 9.48. The third-order valence-corrected chi connectivity index (χ3v) is 14.3. The zero-order valence-electron chi connectivity index (χ0n) is 49.4. The van der Waals surface area contributed by atoms with Crippen molar-refractivity contribution in [2.24, 2.45) is 0 Å². The van der Waals surface area contributed by atoms with Crippen molar-refractivity contribution >= 4 is 17.9 Å². The van der Waals surface area contributed by atoms with Crippen LogP contribution in [0.15, 0.2) is 60.8 Å². The summed E-state index contributed by atoms with van der Waals surface area (Å²) < 4.78 is 16.8. The van der Waals surface area contributed by atoms with Crippen LogP contribution in [-0.2, 0) is 28.6 Å². The molecule has 0 saturated carbocycles. The maximum atomic E-state index is 12.8. The Bertz CT molecular complexity index is 1330. The molecule has 1 atom stereocenters. The molecule has 0 radical (unpaired) electrons. The van der Waals surface area contributed by atoms with Crippen molar-refractivity contribution in [3.05, 3.63) is 60.8 Å². The molecule has 0 aliphatic heterocycles. The molecule has 0 saturated heterocycles. The van der Waals surface area contributed by atoms with Gasteiger partial charge in [0.25, 0.3) is 0 Å². The normalized spacial score (nSPS) is 12.4. The number of esters is 3. The van der Waals surface area contributed by atoms with E-state index >= 15 is 0 Å². The van der Waals surface area contributed by atoms with E-state index in [0.29, 0.717) is 19.3 Å². The van der Waals surface area contributed by atoms with Gasteiger partial charge in [0.05, 0.1) is 0 Å². The van der Waals surface area contributed by atoms with Crippen LogP contribution < -0.4 is 0 Å². The maximum Gasteiger partial charge on any atom is 0.306 e. The Hall–Kier alpha value is -2.89. The van der Waals surface area contributed by atoms with E-state index in [-0.39, 0.29) is 37.5 Å². The van der Waals surface area contributed by atoms with E-state index in [0.717, 1.165) is 77.0 Å². The number of carbonyl (C=O) groups is 3. The predicted octanol–water partition coefficient (Wildman–Crippen LogP) is 21.9. The minimum absolute atomic E-state index is 0.0930. The van der Waals surface area contributed by atoms with Crippen molar-refractivity contribution in [2.75, 3.05) is 13.2 Å². The highest BCUT2D eigenvalue weighted by molar-refractivity contribution is 5.71. The molecule has 0 aromatic rings. The Kier molecular flexibility index (Phi) is 60.2. The highest BCUT2D eigenvalue weighted by Crippen LogP contribution is 2.18. The Balaban J connectivity index is 4.12. The number of hydrogen-bond donors (Lipinski definition) is 0. The third-order valence-electron chi connectivity index (χ3n) is 14.3. The fraction of sp³-hybridized carbons (Fsp3) is 0.809. The van der Waals surface area contributed by atoms with Crippen LogP contribution in [-0.4, -0.2) is 37.2 Å². The van der Waals surface area contributed by atoms with Gasteiger partial charge in [0.15, 0.2) is 6.10 Å². The van der Waals surface area contributed by atoms with Crippen molar-refractivity contribution in [1.29, 1.82) is 0 Å². The molecule has 0 bridgehead atoms. The predicted molar refractivity (Wildman–Crippen MR) is 321 cm³/mol. The van der Waals surface area contributed by atoms with Crippen molar-refractivity contribution in [3.8, 4) is 0 Å². The number of carbonyl (C=O) groups excluding carboxylic acids is 3. The minimum Gasteiger partial charge on any atom is -0.462 e. The average molecular weight is 1040 g/mol. The molecule has 0 aromatic heterocycles. The molecule has 0 amide bonds. The van der Waals surface area contributed by atoms with Crippen LogP contribution in [0.3, 0.4) is 0 Å². The molecule has 0 heterocycles. The van der Waals surface area contributed by atoms with E-state index in [9.17, 15) is 14.4 Å². The molecule has 6 heteroatoms. The summed E-state index contributed by atoms with van der Waals surface area (Å²) in [7, 11) is 0. The van der Waals surface area contributed by atoms with Gasteiger partial charge in [-0.15, -0.1) is 0 Å². The summed E-state index contributed by atoms with van der Waals surface area (Å²) in [5.74, 6) is -0.940. The number of allylic oxidation sites excluding steroid dienone is 10. The molecule has 0 fully saturated rings. The molecule has 0 spiro atoms. The van der Waals surface area contributed by atoms with Crippen molar-refractivity contribution in [3.63, 3.8) is 0 Å². The third kappa shape index (κ3) is 60.0. The maximum absolute atomic E-state index is 12.8. The standard InChI is InChI=1S/C68H122O6/c1-4-7-10-13-16-19-21-23-25-27-28-29-30-31-32-33-34-35-36-37-38-39-41-42-44-46-49-52-55-58-61-67(70)73-64-65(63-72-66(69)60-57-54-51-48-18-15-12-9-6-3)74-68(71)62-59-56-53-50-47-45-43-40-26-24-22-20-17-14-11-8-5-2/h8,11,17,20,24,26,43,45,50,53,65H,4-7,9-10,12-16,18-19,21-23,25,27-42,44,46-49,51-52,54-64H2,1-3H3/b11-8-,20-17-,26-24-,45-43-,53-50-. The topological polar surface area (TPSA) is 78.9 Å². The Morgan fingerprint density at radius 3 is 0.811 bits per heavy atom. The first-order valence-electron chi connectivity index (χ1n) is 32.3. The number of rotatable bonds is 59. The van der Waals surface area contributed by atoms with Gasteiger partial charge in [0.1, 0.15) is 13.2 Å². The summed E-state index contributed by atoms with van der Waals surface area (Å²) in [5.41, 5.74) is 0. The lowest BCUT2D eigenvalue weighted by Gasteiger charge is -2.18. The van der Waals surface area contributed by atoms with Crippen LogP contribution in [0.4, 0.5) is 0 Å². The van der Waals surface area contributed by atoms with Gasteiger partial charge in [-0.1, -0.05) is 319 Å². The second-order valence-corrected chi connectivity index (χ2v) is 21.7. The second-order valence-electron chi connectivity index (χ2n) is 21.7. The summed E-state index contributed by atoms with van der Waals surface area (Å²) in [4.78, 5) is 38.1. The highest BCUT2D eigenvalue weighted by atomic mass is 16.6. The SMILES string of the molecule is CC/C=C\C/C=C\C/C=C\C/C=C\C/C=C\CCCC(=O)OC(COC(=O)CCCCCCCCCCC)COC(=O)CCCCCCCCCCCCCCCCCCCCCCCCCCCCCCCC. The van der Waals surface area contributed by atoms with Gasteiger partial charge >= 0.3 is 17.9 Å². The molecule has 0 N–H and O–H groups in total. The second kappa shape index (κ2) is 62.6. The van der Waals surface area contributed by atoms with Crippen molar-refractivity contribution in [1.82, 2.24) is 0 Å². The molecular weight excluding hydrogens is 913 g/mol. The molecule has 74 heavy (non-hydrogen) atoms. The van der Waals surface area contributed by atoms with E-state index in [2.05, 4.69) is 81.5 Å². The van der Waals surface area contributed by atoms with Gasteiger partial charge in [-0.05, 0) is 57.8 Å². The first-order chi connectivity index (χ1) is 36.5. The lowest BCUT2D eigenvalue weighted by molar-refractivity contribution is -0.167. The molecule has 6 nitrogen and oxygen atoms in total. The summed E-state index contributed by atoms with van der Waals surface area (Å²) in [6.45, 7) is 6.50. The van der Waals surface area contributed by atoms with E-state index in [1.807, 2.05) is 0 Å². The monoisotopic (exact) mass is 1030 g/mol. The van der Waals surface area contributed by atoms with Crippen LogP contribution in [0.25, 0.3) is 0 Å². The van der Waals surface area contributed by atoms with Gasteiger partial charge in [-0.3, -0.25) is 14.4 Å². The lowest BCUT2D eigenvalue weighted by atomic mass is 10.0. The van der Waals surface area contributed by atoms with E-state index in [1.54, 1.807) is 0 Å². The molecule has 1 unspecified atom stereocenters. The Labute approximate surface area is 460 Å². The van der Waals surface area contributed by atoms with Crippen molar-refractivity contribution in [2.45, 2.75) is 341 Å². The zero-order valence-corrected chi connectivity index (χ0v) is 49.4. The molecule has 0 aromatic carbocycles. The van der Waals surface area contributed by atoms with E-state index in [1.165, 1.54) is 212 Å². The summed E-state index contributed by atoms with van der Waals surface area (Å²) in [6, 6.07) is 0. The van der Waals surface area contributed by atoms with E-state index < -0.39 is 6.10 Å². The molecular formula is C68H122O6. The molecule has 430 valence electrons. The average Bonchev–Trinajstić information content (AvgIpc) is 3.40. The fourth-order valence-corrected chi connectivity index (χ4v) is 9.48. The summed E-state index contributed by atoms with van der Waals surface area (Å²) in [5, 5.41) is 0. The lowest BCUT2D eigenvalue weighted by Crippen LogP contribution is -2.30. The number of hydrogen-bond acceptors (Lipinski definition) is 6. The Morgan fingerprint density at radius 2 is 0.527 bits per heavy atom. The van der Waals surface area contributed by atoms with Gasteiger partial charge in [-0.2, -0.15) is 0 Å². The van der Waals surface area contributed by atoms with Crippen LogP contribution in [0.2, 0.25) is 0 Å². The van der Waals surface area contributed by atoms with Gasteiger partial charge in [0.2, 0.25) is 0 Å². The molecule has 0 aliphatic carbocycles. The summed E-state index contributed by atoms with van der Waals surface area (Å²) in [6.07, 6.45) is 79.9. The highest BCUT2D eigenvalue weighted by Gasteiger charge is 2.19. The van der Waals surface area contributed by atoms with Crippen LogP contribution >= 0.6 is 0 Å². The number of unbranched alkanes of at least 4 members (excludes halogenated alkanes) is 38. The van der Waals surface area contributed by atoms with Gasteiger partial charge < -0.3 is 14.2 Å². The molecule has 0 rings (SSSR count). The van der Waals surface area contributed by atoms with Gasteiger partial charge in [-0.25, -0.2) is 0 Å². The van der Waals surface area contributed by atoms with E-state index in [4.69, 9.17) is 14.2 Å². The summed E-state index contributed by atoms with van der Waals surface area (Å²) >= 11 is 0. The zero-order chi connectivity index (χ0) is 53.6. The molecule has 0 aliphatic rings. The number of ether oxygens (including phenoxy) is 3.